The number of para-hydroxylation sites is 2. The number of carbonyl (C=O) groups is 1. The lowest BCUT2D eigenvalue weighted by Crippen LogP contribution is -2.31. The first kappa shape index (κ1) is 24.5. The Morgan fingerprint density at radius 2 is 1.74 bits per heavy atom. The van der Waals surface area contributed by atoms with E-state index in [9.17, 15) is 4.79 Å². The van der Waals surface area contributed by atoms with Crippen molar-refractivity contribution >= 4 is 16.9 Å². The second-order valence-corrected chi connectivity index (χ2v) is 10.2. The first-order valence-electron chi connectivity index (χ1n) is 12.2. The van der Waals surface area contributed by atoms with Crippen LogP contribution in [0.25, 0.3) is 11.0 Å². The van der Waals surface area contributed by atoms with Crippen molar-refractivity contribution in [1.29, 1.82) is 0 Å². The summed E-state index contributed by atoms with van der Waals surface area (Å²) in [6.45, 7) is 11.9. The van der Waals surface area contributed by atoms with E-state index in [-0.39, 0.29) is 17.9 Å². The van der Waals surface area contributed by atoms with E-state index >= 15 is 0 Å². The monoisotopic (exact) mass is 469 g/mol. The van der Waals surface area contributed by atoms with Crippen molar-refractivity contribution in [3.8, 4) is 5.75 Å². The zero-order valence-electron chi connectivity index (χ0n) is 21.4. The van der Waals surface area contributed by atoms with Gasteiger partial charge >= 0.3 is 0 Å². The number of ether oxygens (including phenoxy) is 1. The minimum Gasteiger partial charge on any atom is -0.483 e. The molecule has 5 heteroatoms. The third-order valence-electron chi connectivity index (χ3n) is 6.27. The maximum atomic E-state index is 12.4. The van der Waals surface area contributed by atoms with Gasteiger partial charge < -0.3 is 14.6 Å². The number of nitrogens with zero attached hydrogens (tertiary/aromatic N) is 2. The van der Waals surface area contributed by atoms with Gasteiger partial charge in [-0.15, -0.1) is 0 Å². The highest BCUT2D eigenvalue weighted by molar-refractivity contribution is 5.78. The lowest BCUT2D eigenvalue weighted by atomic mass is 9.87. The molecular formula is C30H35N3O2. The number of aromatic nitrogens is 2. The third-order valence-corrected chi connectivity index (χ3v) is 6.27. The van der Waals surface area contributed by atoms with Gasteiger partial charge in [-0.2, -0.15) is 0 Å². The second-order valence-electron chi connectivity index (χ2n) is 10.2. The molecule has 4 aromatic rings. The molecule has 1 amide bonds. The van der Waals surface area contributed by atoms with Crippen molar-refractivity contribution in [2.24, 2.45) is 0 Å². The number of amides is 1. The van der Waals surface area contributed by atoms with Gasteiger partial charge in [-0.3, -0.25) is 4.79 Å². The largest absolute Gasteiger partial charge is 0.483 e. The molecular weight excluding hydrogens is 434 g/mol. The van der Waals surface area contributed by atoms with Gasteiger partial charge in [0.25, 0.3) is 5.91 Å². The average Bonchev–Trinajstić information content (AvgIpc) is 3.16. The number of hydrogen-bond acceptors (Lipinski definition) is 3. The first-order chi connectivity index (χ1) is 16.7. The van der Waals surface area contributed by atoms with Crippen LogP contribution in [-0.4, -0.2) is 28.6 Å². The summed E-state index contributed by atoms with van der Waals surface area (Å²) in [4.78, 5) is 17.3. The molecule has 0 saturated carbocycles. The predicted octanol–water partition coefficient (Wildman–Crippen LogP) is 5.74. The molecule has 182 valence electrons. The van der Waals surface area contributed by atoms with Crippen LogP contribution in [0, 0.1) is 13.8 Å². The van der Waals surface area contributed by atoms with Crippen molar-refractivity contribution in [2.75, 3.05) is 13.2 Å². The quantitative estimate of drug-likeness (QED) is 0.358. The standard InChI is InChI=1S/C30H35N3O2/c1-21-10-11-22(2)27(18-21)35-20-29(34)31-17-16-28-32-25-8-6-7-9-26(25)33(28)19-23-12-14-24(15-13-23)30(3,4)5/h6-15,18H,16-17,19-20H2,1-5H3,(H,31,34). The van der Waals surface area contributed by atoms with Crippen LogP contribution in [0.5, 0.6) is 5.75 Å². The second kappa shape index (κ2) is 10.3. The van der Waals surface area contributed by atoms with E-state index in [4.69, 9.17) is 9.72 Å². The molecule has 0 radical (unpaired) electrons. The van der Waals surface area contributed by atoms with E-state index in [0.717, 1.165) is 40.3 Å². The Morgan fingerprint density at radius 1 is 1.00 bits per heavy atom. The highest BCUT2D eigenvalue weighted by atomic mass is 16.5. The molecule has 35 heavy (non-hydrogen) atoms. The molecule has 4 rings (SSSR count). The van der Waals surface area contributed by atoms with E-state index < -0.39 is 0 Å². The Bertz CT molecular complexity index is 1310. The fourth-order valence-corrected chi connectivity index (χ4v) is 4.16. The summed E-state index contributed by atoms with van der Waals surface area (Å²) in [7, 11) is 0. The van der Waals surface area contributed by atoms with Gasteiger partial charge in [0.2, 0.25) is 0 Å². The molecule has 0 aliphatic heterocycles. The SMILES string of the molecule is Cc1ccc(C)c(OCC(=O)NCCc2nc3ccccc3n2Cc2ccc(C(C)(C)C)cc2)c1. The molecule has 0 aliphatic carbocycles. The van der Waals surface area contributed by atoms with E-state index in [1.165, 1.54) is 11.1 Å². The molecule has 0 bridgehead atoms. The summed E-state index contributed by atoms with van der Waals surface area (Å²) in [6.07, 6.45) is 0.643. The number of benzene rings is 3. The molecule has 0 saturated heterocycles. The van der Waals surface area contributed by atoms with Crippen molar-refractivity contribution < 1.29 is 9.53 Å². The van der Waals surface area contributed by atoms with Crippen molar-refractivity contribution in [2.45, 2.75) is 53.0 Å². The Balaban J connectivity index is 1.41. The number of fused-ring (bicyclic) bond motifs is 1. The fraction of sp³-hybridized carbons (Fsp3) is 0.333. The lowest BCUT2D eigenvalue weighted by molar-refractivity contribution is -0.123. The lowest BCUT2D eigenvalue weighted by Gasteiger charge is -2.19. The third kappa shape index (κ3) is 6.10. The molecule has 0 unspecified atom stereocenters. The Hall–Kier alpha value is -3.60. The van der Waals surface area contributed by atoms with Crippen LogP contribution in [-0.2, 0) is 23.2 Å². The zero-order chi connectivity index (χ0) is 25.0. The zero-order valence-corrected chi connectivity index (χ0v) is 21.4. The number of nitrogens with one attached hydrogen (secondary N) is 1. The average molecular weight is 470 g/mol. The fourth-order valence-electron chi connectivity index (χ4n) is 4.16. The summed E-state index contributed by atoms with van der Waals surface area (Å²) in [5.74, 6) is 1.58. The van der Waals surface area contributed by atoms with E-state index in [2.05, 4.69) is 61.0 Å². The molecule has 0 atom stereocenters. The van der Waals surface area contributed by atoms with Crippen LogP contribution in [0.4, 0.5) is 0 Å². The van der Waals surface area contributed by atoms with Gasteiger partial charge in [-0.05, 0) is 59.7 Å². The van der Waals surface area contributed by atoms with Gasteiger partial charge in [-0.25, -0.2) is 4.98 Å². The molecule has 5 nitrogen and oxygen atoms in total. The molecule has 1 aromatic heterocycles. The minimum atomic E-state index is -0.133. The molecule has 0 fully saturated rings. The Kier molecular flexibility index (Phi) is 7.25. The molecule has 0 aliphatic rings. The van der Waals surface area contributed by atoms with Crippen LogP contribution < -0.4 is 10.1 Å². The van der Waals surface area contributed by atoms with E-state index in [0.29, 0.717) is 13.0 Å². The molecule has 1 N–H and O–H groups in total. The van der Waals surface area contributed by atoms with Gasteiger partial charge in [-0.1, -0.05) is 69.3 Å². The maximum Gasteiger partial charge on any atom is 0.257 e. The number of hydrogen-bond donors (Lipinski definition) is 1. The molecule has 0 spiro atoms. The van der Waals surface area contributed by atoms with Crippen LogP contribution >= 0.6 is 0 Å². The summed E-state index contributed by atoms with van der Waals surface area (Å²) in [5, 5.41) is 2.98. The summed E-state index contributed by atoms with van der Waals surface area (Å²) in [6, 6.07) is 23.0. The minimum absolute atomic E-state index is 0.000828. The maximum absolute atomic E-state index is 12.4. The predicted molar refractivity (Wildman–Crippen MR) is 142 cm³/mol. The highest BCUT2D eigenvalue weighted by Crippen LogP contribution is 2.24. The smallest absolute Gasteiger partial charge is 0.257 e. The van der Waals surface area contributed by atoms with Gasteiger partial charge in [0, 0.05) is 19.5 Å². The normalized spacial score (nSPS) is 11.6. The summed E-state index contributed by atoms with van der Waals surface area (Å²) >= 11 is 0. The van der Waals surface area contributed by atoms with Crippen LogP contribution in [0.2, 0.25) is 0 Å². The van der Waals surface area contributed by atoms with Crippen LogP contribution in [0.3, 0.4) is 0 Å². The summed E-state index contributed by atoms with van der Waals surface area (Å²) < 4.78 is 7.98. The van der Waals surface area contributed by atoms with E-state index in [1.807, 2.05) is 50.2 Å². The Morgan fingerprint density at radius 3 is 2.49 bits per heavy atom. The Labute approximate surface area is 208 Å². The highest BCUT2D eigenvalue weighted by Gasteiger charge is 2.15. The number of carbonyl (C=O) groups excluding carboxylic acids is 1. The van der Waals surface area contributed by atoms with Crippen LogP contribution in [0.1, 0.15) is 48.8 Å². The molecule has 1 heterocycles. The van der Waals surface area contributed by atoms with Crippen molar-refractivity contribution in [3.63, 3.8) is 0 Å². The van der Waals surface area contributed by atoms with Gasteiger partial charge in [0.15, 0.2) is 6.61 Å². The number of imidazole rings is 1. The number of rotatable bonds is 8. The van der Waals surface area contributed by atoms with Crippen LogP contribution in [0.15, 0.2) is 66.7 Å². The number of aryl methyl sites for hydroxylation is 2. The summed E-state index contributed by atoms with van der Waals surface area (Å²) in [5.41, 5.74) is 6.89. The van der Waals surface area contributed by atoms with Gasteiger partial charge in [0.05, 0.1) is 11.0 Å². The van der Waals surface area contributed by atoms with Crippen molar-refractivity contribution in [3.05, 3.63) is 94.8 Å². The molecule has 3 aromatic carbocycles. The first-order valence-corrected chi connectivity index (χ1v) is 12.2. The topological polar surface area (TPSA) is 56.1 Å². The van der Waals surface area contributed by atoms with E-state index in [1.54, 1.807) is 0 Å². The van der Waals surface area contributed by atoms with Gasteiger partial charge in [0.1, 0.15) is 11.6 Å². The van der Waals surface area contributed by atoms with Crippen molar-refractivity contribution in [1.82, 2.24) is 14.9 Å².